The third-order valence-electron chi connectivity index (χ3n) is 8.49. The van der Waals surface area contributed by atoms with Gasteiger partial charge in [0.25, 0.3) is 0 Å². The van der Waals surface area contributed by atoms with Crippen molar-refractivity contribution in [3.8, 4) is 5.69 Å². The molecule has 39 heavy (non-hydrogen) atoms. The molecule has 2 unspecified atom stereocenters. The number of aromatic amines is 1. The van der Waals surface area contributed by atoms with Crippen molar-refractivity contribution >= 4 is 11.5 Å². The van der Waals surface area contributed by atoms with Crippen LogP contribution in [0.3, 0.4) is 0 Å². The summed E-state index contributed by atoms with van der Waals surface area (Å²) in [5.41, 5.74) is 4.88. The van der Waals surface area contributed by atoms with E-state index in [9.17, 15) is 13.2 Å². The summed E-state index contributed by atoms with van der Waals surface area (Å²) in [4.78, 5) is 13.1. The number of rotatable bonds is 2. The van der Waals surface area contributed by atoms with Gasteiger partial charge in [0.2, 0.25) is 5.95 Å². The summed E-state index contributed by atoms with van der Waals surface area (Å²) in [5, 5.41) is 5.11. The molecule has 0 spiro atoms. The number of H-pyrrole nitrogens is 1. The Morgan fingerprint density at radius 1 is 1.10 bits per heavy atom. The van der Waals surface area contributed by atoms with Crippen molar-refractivity contribution in [3.63, 3.8) is 0 Å². The van der Waals surface area contributed by atoms with Crippen molar-refractivity contribution in [1.29, 1.82) is 0 Å². The van der Waals surface area contributed by atoms with Gasteiger partial charge in [-0.1, -0.05) is 25.1 Å². The maximum atomic E-state index is 16.1. The van der Waals surface area contributed by atoms with Gasteiger partial charge in [-0.3, -0.25) is 0 Å². The molecule has 2 aliphatic heterocycles. The summed E-state index contributed by atoms with van der Waals surface area (Å²) in [7, 11) is 0. The molecule has 0 bridgehead atoms. The predicted octanol–water partition coefficient (Wildman–Crippen LogP) is 6.04. The Balaban J connectivity index is 1.44. The van der Waals surface area contributed by atoms with Crippen LogP contribution in [0.25, 0.3) is 11.3 Å². The Bertz CT molecular complexity index is 1660. The number of anilines is 1. The summed E-state index contributed by atoms with van der Waals surface area (Å²) in [6, 6.07) is 8.07. The molecule has 0 fully saturated rings. The Hall–Kier alpha value is -3.95. The van der Waals surface area contributed by atoms with Crippen LogP contribution in [-0.4, -0.2) is 31.3 Å². The molecule has 6 nitrogen and oxygen atoms in total. The summed E-state index contributed by atoms with van der Waals surface area (Å²) in [6.07, 6.45) is 2.02. The van der Waals surface area contributed by atoms with E-state index in [1.807, 2.05) is 27.8 Å². The largest absolute Gasteiger partial charge is 0.419 e. The first-order valence-electron chi connectivity index (χ1n) is 13.0. The lowest BCUT2D eigenvalue weighted by Gasteiger charge is -2.44. The molecule has 0 radical (unpaired) electrons. The number of hydrogen-bond donors (Lipinski definition) is 1. The minimum Gasteiger partial charge on any atom is -0.362 e. The van der Waals surface area contributed by atoms with E-state index in [0.29, 0.717) is 25.2 Å². The third-order valence-corrected chi connectivity index (χ3v) is 8.49. The monoisotopic (exact) mass is 534 g/mol. The fraction of sp³-hybridized carbons (Fsp3) is 0.345. The van der Waals surface area contributed by atoms with Crippen LogP contribution in [0.15, 0.2) is 48.9 Å². The van der Waals surface area contributed by atoms with Gasteiger partial charge >= 0.3 is 6.18 Å². The number of fused-ring (bicyclic) bond motifs is 10. The van der Waals surface area contributed by atoms with E-state index >= 15 is 4.39 Å². The number of halogens is 4. The highest BCUT2D eigenvalue weighted by atomic mass is 19.4. The average Bonchev–Trinajstić information content (AvgIpc) is 3.56. The SMILES string of the molecule is CCc1cccc2c1-n1nc3c(c1C1(C)C2=CC(C)(F)c2[nH]ccc21)CN(c1ncc(C(F)(F)F)cn1)CC3. The highest BCUT2D eigenvalue weighted by Gasteiger charge is 2.52. The van der Waals surface area contributed by atoms with Crippen molar-refractivity contribution in [1.82, 2.24) is 24.7 Å². The molecule has 1 aromatic carbocycles. The molecule has 3 aliphatic rings. The van der Waals surface area contributed by atoms with Crippen LogP contribution in [0.4, 0.5) is 23.5 Å². The van der Waals surface area contributed by atoms with Crippen molar-refractivity contribution in [3.05, 3.63) is 93.8 Å². The minimum absolute atomic E-state index is 0.238. The topological polar surface area (TPSA) is 62.6 Å². The van der Waals surface area contributed by atoms with Crippen molar-refractivity contribution in [2.45, 2.75) is 57.4 Å². The summed E-state index contributed by atoms with van der Waals surface area (Å²) in [6.45, 7) is 6.69. The molecule has 3 aromatic heterocycles. The van der Waals surface area contributed by atoms with Crippen LogP contribution < -0.4 is 4.90 Å². The van der Waals surface area contributed by atoms with Gasteiger partial charge in [-0.25, -0.2) is 19.0 Å². The molecular weight excluding hydrogens is 508 g/mol. The Morgan fingerprint density at radius 2 is 1.87 bits per heavy atom. The maximum Gasteiger partial charge on any atom is 0.419 e. The quantitative estimate of drug-likeness (QED) is 0.319. The second-order valence-electron chi connectivity index (χ2n) is 10.8. The molecule has 5 heterocycles. The standard InChI is InChI=1S/C29H26F4N6/c1-4-16-6-5-7-18-21-12-27(2,30)24-20(8-10-34-24)28(21,3)25-19-15-38(11-9-22(19)37-39(25)23(16)18)26-35-13-17(14-36-26)29(31,32)33/h5-8,10,12-14,34H,4,9,11,15H2,1-3H3. The zero-order chi connectivity index (χ0) is 27.3. The van der Waals surface area contributed by atoms with Gasteiger partial charge in [0.15, 0.2) is 5.67 Å². The van der Waals surface area contributed by atoms with E-state index in [1.54, 1.807) is 19.2 Å². The van der Waals surface area contributed by atoms with Gasteiger partial charge in [-0.05, 0) is 49.1 Å². The highest BCUT2D eigenvalue weighted by molar-refractivity contribution is 5.89. The predicted molar refractivity (Wildman–Crippen MR) is 138 cm³/mol. The number of allylic oxidation sites excluding steroid dienone is 2. The van der Waals surface area contributed by atoms with Crippen molar-refractivity contribution in [2.24, 2.45) is 0 Å². The zero-order valence-corrected chi connectivity index (χ0v) is 21.7. The normalized spacial score (nSPS) is 23.4. The van der Waals surface area contributed by atoms with Crippen LogP contribution in [0.1, 0.15) is 65.7 Å². The Kier molecular flexibility index (Phi) is 4.82. The first kappa shape index (κ1) is 24.1. The maximum absolute atomic E-state index is 16.1. The number of benzene rings is 1. The first-order valence-corrected chi connectivity index (χ1v) is 13.0. The van der Waals surface area contributed by atoms with Gasteiger partial charge in [0.1, 0.15) is 0 Å². The van der Waals surface area contributed by atoms with Crippen LogP contribution in [0, 0.1) is 0 Å². The van der Waals surface area contributed by atoms with Crippen molar-refractivity contribution in [2.75, 3.05) is 11.4 Å². The van der Waals surface area contributed by atoms with Gasteiger partial charge in [0.05, 0.1) is 33.7 Å². The molecule has 7 rings (SSSR count). The van der Waals surface area contributed by atoms with E-state index in [-0.39, 0.29) is 5.95 Å². The molecule has 0 saturated heterocycles. The number of nitrogens with zero attached hydrogens (tertiary/aromatic N) is 5. The molecule has 1 N–H and O–H groups in total. The number of hydrogen-bond acceptors (Lipinski definition) is 4. The summed E-state index contributed by atoms with van der Waals surface area (Å²) >= 11 is 0. The van der Waals surface area contributed by atoms with Crippen LogP contribution >= 0.6 is 0 Å². The van der Waals surface area contributed by atoms with Gasteiger partial charge in [-0.2, -0.15) is 18.3 Å². The Morgan fingerprint density at radius 3 is 2.59 bits per heavy atom. The number of aromatic nitrogens is 5. The van der Waals surface area contributed by atoms with Crippen LogP contribution in [0.2, 0.25) is 0 Å². The molecular formula is C29H26F4N6. The molecule has 10 heteroatoms. The average molecular weight is 535 g/mol. The first-order chi connectivity index (χ1) is 18.5. The molecule has 0 saturated carbocycles. The lowest BCUT2D eigenvalue weighted by atomic mass is 9.62. The molecule has 0 amide bonds. The number of para-hydroxylation sites is 1. The zero-order valence-electron chi connectivity index (χ0n) is 21.7. The van der Waals surface area contributed by atoms with Gasteiger partial charge in [0, 0.05) is 49.2 Å². The van der Waals surface area contributed by atoms with Crippen LogP contribution in [0.5, 0.6) is 0 Å². The molecule has 2 atom stereocenters. The van der Waals surface area contributed by atoms with E-state index in [2.05, 4.69) is 34.9 Å². The second kappa shape index (κ2) is 7.80. The highest BCUT2D eigenvalue weighted by Crippen LogP contribution is 2.57. The summed E-state index contributed by atoms with van der Waals surface area (Å²) in [5.74, 6) is 0.238. The molecule has 4 aromatic rings. The van der Waals surface area contributed by atoms with Gasteiger partial charge < -0.3 is 9.88 Å². The smallest absolute Gasteiger partial charge is 0.362 e. The van der Waals surface area contributed by atoms with E-state index in [4.69, 9.17) is 5.10 Å². The van der Waals surface area contributed by atoms with Crippen LogP contribution in [-0.2, 0) is 36.6 Å². The van der Waals surface area contributed by atoms with E-state index in [0.717, 1.165) is 63.7 Å². The Labute approximate surface area is 222 Å². The number of aryl methyl sites for hydroxylation is 1. The minimum atomic E-state index is -4.50. The van der Waals surface area contributed by atoms with Crippen molar-refractivity contribution < 1.29 is 17.6 Å². The fourth-order valence-corrected chi connectivity index (χ4v) is 6.62. The lowest BCUT2D eigenvalue weighted by molar-refractivity contribution is -0.138. The van der Waals surface area contributed by atoms with E-state index in [1.165, 1.54) is 0 Å². The van der Waals surface area contributed by atoms with Gasteiger partial charge in [-0.15, -0.1) is 0 Å². The van der Waals surface area contributed by atoms with E-state index < -0.39 is 22.8 Å². The lowest BCUT2D eigenvalue weighted by Crippen LogP contribution is -2.41. The number of nitrogens with one attached hydrogen (secondary N) is 1. The molecule has 200 valence electrons. The molecule has 1 aliphatic carbocycles. The second-order valence-corrected chi connectivity index (χ2v) is 10.8. The fourth-order valence-electron chi connectivity index (χ4n) is 6.62. The third kappa shape index (κ3) is 3.23. The number of alkyl halides is 4. The summed E-state index contributed by atoms with van der Waals surface area (Å²) < 4.78 is 57.5.